The van der Waals surface area contributed by atoms with Crippen molar-refractivity contribution in [2.45, 2.75) is 37.7 Å². The lowest BCUT2D eigenvalue weighted by Gasteiger charge is -2.24. The minimum absolute atomic E-state index is 0.0607. The predicted octanol–water partition coefficient (Wildman–Crippen LogP) is 5.62. The van der Waals surface area contributed by atoms with E-state index in [1.54, 1.807) is 4.57 Å². The van der Waals surface area contributed by atoms with Gasteiger partial charge in [0.2, 0.25) is 21.9 Å². The SMILES string of the molecule is Cc1ccc(-c2cn(-c3ccc(C)cc3)c(NC(=O)CN(C[C@@H]3CCCO3)S(=O)(=O)c3ccc(Cl)cc3)n2)cc1. The van der Waals surface area contributed by atoms with E-state index in [1.807, 2.05) is 68.6 Å². The molecule has 8 nitrogen and oxygen atoms in total. The summed E-state index contributed by atoms with van der Waals surface area (Å²) in [4.78, 5) is 18.2. The number of hydrogen-bond donors (Lipinski definition) is 1. The van der Waals surface area contributed by atoms with E-state index < -0.39 is 22.5 Å². The highest BCUT2D eigenvalue weighted by molar-refractivity contribution is 7.89. The number of sulfonamides is 1. The molecular weight excluding hydrogens is 548 g/mol. The zero-order chi connectivity index (χ0) is 28.3. The van der Waals surface area contributed by atoms with E-state index in [4.69, 9.17) is 21.3 Å². The van der Waals surface area contributed by atoms with E-state index >= 15 is 0 Å². The molecule has 0 spiro atoms. The number of amides is 1. The number of nitrogens with one attached hydrogen (secondary N) is 1. The van der Waals surface area contributed by atoms with Crippen molar-refractivity contribution in [2.24, 2.45) is 0 Å². The molecule has 0 radical (unpaired) electrons. The first-order chi connectivity index (χ1) is 19.2. The first-order valence-electron chi connectivity index (χ1n) is 13.1. The monoisotopic (exact) mass is 578 g/mol. The third kappa shape index (κ3) is 6.45. The number of aromatic nitrogens is 2. The molecule has 1 aliphatic heterocycles. The van der Waals surface area contributed by atoms with Crippen LogP contribution in [0.5, 0.6) is 0 Å². The van der Waals surface area contributed by atoms with Gasteiger partial charge in [0.15, 0.2) is 0 Å². The highest BCUT2D eigenvalue weighted by Crippen LogP contribution is 2.26. The molecule has 1 aliphatic rings. The maximum atomic E-state index is 13.6. The molecule has 208 valence electrons. The second kappa shape index (κ2) is 11.9. The largest absolute Gasteiger partial charge is 0.377 e. The van der Waals surface area contributed by atoms with Crippen LogP contribution in [0.4, 0.5) is 5.95 Å². The normalized spacial score (nSPS) is 15.4. The van der Waals surface area contributed by atoms with Crippen LogP contribution < -0.4 is 5.32 Å². The van der Waals surface area contributed by atoms with Gasteiger partial charge in [-0.25, -0.2) is 13.4 Å². The Balaban J connectivity index is 1.44. The van der Waals surface area contributed by atoms with Gasteiger partial charge in [-0.15, -0.1) is 0 Å². The summed E-state index contributed by atoms with van der Waals surface area (Å²) in [6, 6.07) is 21.7. The number of anilines is 1. The second-order valence-corrected chi connectivity index (χ2v) is 12.3. The molecule has 2 heterocycles. The van der Waals surface area contributed by atoms with Crippen molar-refractivity contribution >= 4 is 33.5 Å². The molecule has 4 aromatic rings. The van der Waals surface area contributed by atoms with Crippen molar-refractivity contribution < 1.29 is 17.9 Å². The summed E-state index contributed by atoms with van der Waals surface area (Å²) >= 11 is 5.98. The van der Waals surface area contributed by atoms with Crippen molar-refractivity contribution in [1.82, 2.24) is 13.9 Å². The van der Waals surface area contributed by atoms with Gasteiger partial charge in [-0.2, -0.15) is 4.31 Å². The number of hydrogen-bond acceptors (Lipinski definition) is 5. The zero-order valence-electron chi connectivity index (χ0n) is 22.4. The molecule has 10 heteroatoms. The summed E-state index contributed by atoms with van der Waals surface area (Å²) in [6.07, 6.45) is 3.16. The fraction of sp³-hybridized carbons (Fsp3) is 0.267. The molecular formula is C30H31ClN4O4S. The Kier molecular flexibility index (Phi) is 8.37. The van der Waals surface area contributed by atoms with Gasteiger partial charge in [-0.05, 0) is 63.1 Å². The van der Waals surface area contributed by atoms with E-state index in [2.05, 4.69) is 5.32 Å². The molecule has 40 heavy (non-hydrogen) atoms. The smallest absolute Gasteiger partial charge is 0.243 e. The molecule has 0 saturated carbocycles. The Hall–Kier alpha value is -3.50. The Morgan fingerprint density at radius 3 is 2.30 bits per heavy atom. The number of imidazole rings is 1. The number of aryl methyl sites for hydroxylation is 2. The fourth-order valence-electron chi connectivity index (χ4n) is 4.58. The topological polar surface area (TPSA) is 93.5 Å². The van der Waals surface area contributed by atoms with E-state index in [9.17, 15) is 13.2 Å². The maximum absolute atomic E-state index is 13.6. The predicted molar refractivity (Wildman–Crippen MR) is 156 cm³/mol. The minimum atomic E-state index is -3.99. The van der Waals surface area contributed by atoms with Crippen LogP contribution in [0, 0.1) is 13.8 Å². The number of rotatable bonds is 9. The molecule has 1 N–H and O–H groups in total. The van der Waals surface area contributed by atoms with Crippen LogP contribution in [0.3, 0.4) is 0 Å². The highest BCUT2D eigenvalue weighted by Gasteiger charge is 2.31. The maximum Gasteiger partial charge on any atom is 0.243 e. The number of benzene rings is 3. The molecule has 0 unspecified atom stereocenters. The lowest BCUT2D eigenvalue weighted by molar-refractivity contribution is -0.116. The van der Waals surface area contributed by atoms with E-state index in [0.29, 0.717) is 23.3 Å². The number of nitrogens with zero attached hydrogens (tertiary/aromatic N) is 3. The van der Waals surface area contributed by atoms with Crippen LogP contribution in [-0.4, -0.2) is 54.0 Å². The molecule has 1 fully saturated rings. The van der Waals surface area contributed by atoms with Gasteiger partial charge in [0, 0.05) is 35.6 Å². The standard InChI is InChI=1S/C30H31ClN4O4S/c1-21-5-9-23(10-6-21)28-19-35(25-13-7-22(2)8-14-25)30(32-28)33-29(36)20-34(18-26-4-3-17-39-26)40(37,38)27-15-11-24(31)12-16-27/h5-16,19,26H,3-4,17-18,20H2,1-2H3,(H,32,33,36)/t26-/m0/s1. The summed E-state index contributed by atoms with van der Waals surface area (Å²) in [6.45, 7) is 4.26. The van der Waals surface area contributed by atoms with Crippen molar-refractivity contribution in [2.75, 3.05) is 25.0 Å². The van der Waals surface area contributed by atoms with Crippen LogP contribution in [0.15, 0.2) is 83.9 Å². The molecule has 0 bridgehead atoms. The molecule has 1 aromatic heterocycles. The first-order valence-corrected chi connectivity index (χ1v) is 14.9. The van der Waals surface area contributed by atoms with Gasteiger partial charge in [0.05, 0.1) is 23.2 Å². The van der Waals surface area contributed by atoms with Gasteiger partial charge in [-0.1, -0.05) is 59.1 Å². The average molecular weight is 579 g/mol. The number of carbonyl (C=O) groups is 1. The summed E-state index contributed by atoms with van der Waals surface area (Å²) in [5.74, 6) is -0.213. The summed E-state index contributed by atoms with van der Waals surface area (Å²) < 4.78 is 35.8. The van der Waals surface area contributed by atoms with Gasteiger partial charge >= 0.3 is 0 Å². The zero-order valence-corrected chi connectivity index (χ0v) is 24.0. The van der Waals surface area contributed by atoms with Gasteiger partial charge in [0.25, 0.3) is 0 Å². The molecule has 1 atom stereocenters. The Morgan fingerprint density at radius 1 is 1.02 bits per heavy atom. The summed E-state index contributed by atoms with van der Waals surface area (Å²) in [5.41, 5.74) is 4.63. The molecule has 1 saturated heterocycles. The van der Waals surface area contributed by atoms with Crippen molar-refractivity contribution in [3.05, 3.63) is 95.1 Å². The first kappa shape index (κ1) is 28.0. The highest BCUT2D eigenvalue weighted by atomic mass is 35.5. The van der Waals surface area contributed by atoms with Gasteiger partial charge in [0.1, 0.15) is 0 Å². The van der Waals surface area contributed by atoms with E-state index in [-0.39, 0.29) is 17.5 Å². The number of halogens is 1. The van der Waals surface area contributed by atoms with Crippen LogP contribution in [-0.2, 0) is 19.6 Å². The third-order valence-corrected chi connectivity index (χ3v) is 8.90. The summed E-state index contributed by atoms with van der Waals surface area (Å²) in [7, 11) is -3.99. The fourth-order valence-corrected chi connectivity index (χ4v) is 6.13. The lowest BCUT2D eigenvalue weighted by atomic mass is 10.1. The Labute approximate surface area is 239 Å². The van der Waals surface area contributed by atoms with Crippen LogP contribution in [0.25, 0.3) is 16.9 Å². The summed E-state index contributed by atoms with van der Waals surface area (Å²) in [5, 5.41) is 3.28. The second-order valence-electron chi connectivity index (χ2n) is 9.96. The van der Waals surface area contributed by atoms with Crippen LogP contribution in [0.2, 0.25) is 5.02 Å². The van der Waals surface area contributed by atoms with E-state index in [0.717, 1.165) is 35.2 Å². The van der Waals surface area contributed by atoms with E-state index in [1.165, 1.54) is 28.6 Å². The molecule has 5 rings (SSSR count). The minimum Gasteiger partial charge on any atom is -0.377 e. The van der Waals surface area contributed by atoms with Crippen LogP contribution in [0.1, 0.15) is 24.0 Å². The van der Waals surface area contributed by atoms with Crippen molar-refractivity contribution in [3.63, 3.8) is 0 Å². The Bertz CT molecular complexity index is 1580. The number of ether oxygens (including phenoxy) is 1. The Morgan fingerprint density at radius 2 is 1.68 bits per heavy atom. The molecule has 3 aromatic carbocycles. The lowest BCUT2D eigenvalue weighted by Crippen LogP contribution is -2.42. The van der Waals surface area contributed by atoms with Crippen LogP contribution >= 0.6 is 11.6 Å². The van der Waals surface area contributed by atoms with Gasteiger partial charge in [-0.3, -0.25) is 14.7 Å². The van der Waals surface area contributed by atoms with Gasteiger partial charge < -0.3 is 4.74 Å². The average Bonchev–Trinajstić information content (AvgIpc) is 3.60. The molecule has 1 amide bonds. The third-order valence-electron chi connectivity index (χ3n) is 6.82. The number of carbonyl (C=O) groups excluding carboxylic acids is 1. The quantitative estimate of drug-likeness (QED) is 0.278. The van der Waals surface area contributed by atoms with Crippen molar-refractivity contribution in [3.8, 4) is 16.9 Å². The van der Waals surface area contributed by atoms with Crippen molar-refractivity contribution in [1.29, 1.82) is 0 Å². The molecule has 0 aliphatic carbocycles.